The first kappa shape index (κ1) is 13.1. The molecule has 7 heteroatoms. The largest absolute Gasteiger partial charge is 0.417 e. The summed E-state index contributed by atoms with van der Waals surface area (Å²) >= 11 is 0. The predicted molar refractivity (Wildman–Crippen MR) is 55.5 cm³/mol. The molecule has 0 saturated carbocycles. The average Bonchev–Trinajstić information content (AvgIpc) is 2.24. The quantitative estimate of drug-likeness (QED) is 0.641. The number of hydrogen-bond donors (Lipinski definition) is 1. The molecule has 0 aliphatic carbocycles. The summed E-state index contributed by atoms with van der Waals surface area (Å²) < 4.78 is 37.7. The van der Waals surface area contributed by atoms with Crippen LogP contribution in [0.15, 0.2) is 23.6 Å². The fourth-order valence-corrected chi connectivity index (χ4v) is 1.05. The van der Waals surface area contributed by atoms with E-state index in [1.54, 1.807) is 13.8 Å². The Balaban J connectivity index is 3.06. The summed E-state index contributed by atoms with van der Waals surface area (Å²) in [5, 5.41) is 3.55. The van der Waals surface area contributed by atoms with E-state index in [9.17, 15) is 18.0 Å². The first-order chi connectivity index (χ1) is 7.82. The Morgan fingerprint density at radius 2 is 2.06 bits per heavy atom. The minimum Gasteiger partial charge on any atom is -0.267 e. The number of amides is 1. The van der Waals surface area contributed by atoms with Crippen LogP contribution in [-0.4, -0.2) is 16.6 Å². The summed E-state index contributed by atoms with van der Waals surface area (Å²) in [6, 6.07) is 0.747. The van der Waals surface area contributed by atoms with Gasteiger partial charge < -0.3 is 0 Å². The van der Waals surface area contributed by atoms with E-state index in [0.717, 1.165) is 18.5 Å². The highest BCUT2D eigenvalue weighted by molar-refractivity contribution is 5.96. The highest BCUT2D eigenvalue weighted by atomic mass is 19.4. The Kier molecular flexibility index (Phi) is 3.82. The highest BCUT2D eigenvalue weighted by Gasteiger charge is 2.35. The van der Waals surface area contributed by atoms with Gasteiger partial charge in [-0.3, -0.25) is 9.78 Å². The molecular formula is C10H10F3N3O. The van der Waals surface area contributed by atoms with Crippen molar-refractivity contribution >= 4 is 11.6 Å². The molecule has 4 nitrogen and oxygen atoms in total. The molecule has 0 saturated heterocycles. The van der Waals surface area contributed by atoms with Crippen molar-refractivity contribution in [2.45, 2.75) is 20.0 Å². The van der Waals surface area contributed by atoms with Crippen molar-refractivity contribution in [3.05, 3.63) is 29.6 Å². The molecule has 1 heterocycles. The molecule has 0 fully saturated rings. The Labute approximate surface area is 95.5 Å². The van der Waals surface area contributed by atoms with Gasteiger partial charge in [0.1, 0.15) is 0 Å². The van der Waals surface area contributed by atoms with E-state index in [4.69, 9.17) is 0 Å². The number of hydrazone groups is 1. The van der Waals surface area contributed by atoms with Crippen LogP contribution in [0.4, 0.5) is 13.2 Å². The lowest BCUT2D eigenvalue weighted by Crippen LogP contribution is -2.23. The smallest absolute Gasteiger partial charge is 0.267 e. The topological polar surface area (TPSA) is 54.4 Å². The Morgan fingerprint density at radius 1 is 1.41 bits per heavy atom. The van der Waals surface area contributed by atoms with Gasteiger partial charge in [-0.2, -0.15) is 18.3 Å². The molecule has 0 bridgehead atoms. The number of pyridine rings is 1. The Morgan fingerprint density at radius 3 is 2.59 bits per heavy atom. The number of nitrogens with zero attached hydrogens (tertiary/aromatic N) is 2. The van der Waals surface area contributed by atoms with Crippen LogP contribution in [0.1, 0.15) is 29.8 Å². The van der Waals surface area contributed by atoms with Crippen LogP contribution >= 0.6 is 0 Å². The maximum Gasteiger partial charge on any atom is 0.417 e. The molecule has 0 aliphatic heterocycles. The third kappa shape index (κ3) is 3.54. The van der Waals surface area contributed by atoms with Crippen molar-refractivity contribution in [2.75, 3.05) is 0 Å². The van der Waals surface area contributed by atoms with Crippen molar-refractivity contribution in [2.24, 2.45) is 5.10 Å². The van der Waals surface area contributed by atoms with Gasteiger partial charge >= 0.3 is 6.18 Å². The van der Waals surface area contributed by atoms with Gasteiger partial charge in [0.15, 0.2) is 0 Å². The number of carbonyl (C=O) groups is 1. The lowest BCUT2D eigenvalue weighted by atomic mass is 10.1. The van der Waals surface area contributed by atoms with E-state index in [1.165, 1.54) is 0 Å². The SMILES string of the molecule is CC(C)=NNC(=O)c1cnccc1C(F)(F)F. The van der Waals surface area contributed by atoms with Crippen molar-refractivity contribution in [3.63, 3.8) is 0 Å². The fourth-order valence-electron chi connectivity index (χ4n) is 1.05. The second-order valence-corrected chi connectivity index (χ2v) is 3.42. The minimum absolute atomic E-state index is 0.524. The molecule has 0 aromatic carbocycles. The molecule has 0 atom stereocenters. The summed E-state index contributed by atoms with van der Waals surface area (Å²) in [6.45, 7) is 3.21. The number of aromatic nitrogens is 1. The molecule has 1 aromatic heterocycles. The molecule has 1 rings (SSSR count). The number of halogens is 3. The zero-order valence-corrected chi connectivity index (χ0v) is 9.17. The van der Waals surface area contributed by atoms with Gasteiger partial charge in [-0.1, -0.05) is 0 Å². The molecule has 1 amide bonds. The molecule has 0 radical (unpaired) electrons. The first-order valence-corrected chi connectivity index (χ1v) is 4.65. The van der Waals surface area contributed by atoms with E-state index >= 15 is 0 Å². The van der Waals surface area contributed by atoms with Gasteiger partial charge in [0, 0.05) is 18.1 Å². The summed E-state index contributed by atoms with van der Waals surface area (Å²) in [5.74, 6) is -0.938. The van der Waals surface area contributed by atoms with E-state index in [-0.39, 0.29) is 0 Å². The maximum absolute atomic E-state index is 12.6. The van der Waals surface area contributed by atoms with Crippen LogP contribution in [0.25, 0.3) is 0 Å². The number of carbonyl (C=O) groups excluding carboxylic acids is 1. The molecule has 0 aliphatic rings. The normalized spacial score (nSPS) is 10.9. The maximum atomic E-state index is 12.6. The Bertz CT molecular complexity index is 450. The number of nitrogens with one attached hydrogen (secondary N) is 1. The van der Waals surface area contributed by atoms with Gasteiger partial charge in [-0.05, 0) is 19.9 Å². The van der Waals surface area contributed by atoms with Gasteiger partial charge in [0.05, 0.1) is 11.1 Å². The van der Waals surface area contributed by atoms with Crippen molar-refractivity contribution in [3.8, 4) is 0 Å². The predicted octanol–water partition coefficient (Wildman–Crippen LogP) is 2.23. The third-order valence-corrected chi connectivity index (χ3v) is 1.75. The van der Waals surface area contributed by atoms with Gasteiger partial charge in [-0.15, -0.1) is 0 Å². The molecular weight excluding hydrogens is 235 g/mol. The average molecular weight is 245 g/mol. The third-order valence-electron chi connectivity index (χ3n) is 1.75. The van der Waals surface area contributed by atoms with Crippen LogP contribution < -0.4 is 5.43 Å². The molecule has 0 spiro atoms. The molecule has 17 heavy (non-hydrogen) atoms. The van der Waals surface area contributed by atoms with E-state index in [0.29, 0.717) is 5.71 Å². The van der Waals surface area contributed by atoms with Gasteiger partial charge in [0.25, 0.3) is 5.91 Å². The van der Waals surface area contributed by atoms with E-state index < -0.39 is 23.2 Å². The lowest BCUT2D eigenvalue weighted by Gasteiger charge is -2.10. The Hall–Kier alpha value is -1.92. The van der Waals surface area contributed by atoms with Gasteiger partial charge in [-0.25, -0.2) is 5.43 Å². The molecule has 1 aromatic rings. The lowest BCUT2D eigenvalue weighted by molar-refractivity contribution is -0.138. The van der Waals surface area contributed by atoms with E-state index in [1.807, 2.05) is 5.43 Å². The summed E-state index contributed by atoms with van der Waals surface area (Å²) in [5.41, 5.74) is 0.959. The van der Waals surface area contributed by atoms with Crippen LogP contribution in [0, 0.1) is 0 Å². The number of hydrogen-bond acceptors (Lipinski definition) is 3. The van der Waals surface area contributed by atoms with Crippen LogP contribution in [0.2, 0.25) is 0 Å². The molecule has 92 valence electrons. The van der Waals surface area contributed by atoms with Crippen LogP contribution in [0.5, 0.6) is 0 Å². The second kappa shape index (κ2) is 4.94. The van der Waals surface area contributed by atoms with E-state index in [2.05, 4.69) is 10.1 Å². The standard InChI is InChI=1S/C10H10F3N3O/c1-6(2)15-16-9(17)7-5-14-4-3-8(7)10(11,12)13/h3-5H,1-2H3,(H,16,17). The zero-order valence-electron chi connectivity index (χ0n) is 9.17. The van der Waals surface area contributed by atoms with Crippen molar-refractivity contribution < 1.29 is 18.0 Å². The second-order valence-electron chi connectivity index (χ2n) is 3.42. The molecule has 0 unspecified atom stereocenters. The summed E-state index contributed by atoms with van der Waals surface area (Å²) in [6.07, 6.45) is -2.76. The van der Waals surface area contributed by atoms with Crippen molar-refractivity contribution in [1.82, 2.24) is 10.4 Å². The number of rotatable bonds is 2. The fraction of sp³-hybridized carbons (Fsp3) is 0.300. The zero-order chi connectivity index (χ0) is 13.1. The summed E-state index contributed by atoms with van der Waals surface area (Å²) in [4.78, 5) is 15.0. The minimum atomic E-state index is -4.60. The highest BCUT2D eigenvalue weighted by Crippen LogP contribution is 2.31. The monoisotopic (exact) mass is 245 g/mol. The molecule has 1 N–H and O–H groups in total. The summed E-state index contributed by atoms with van der Waals surface area (Å²) in [7, 11) is 0. The van der Waals surface area contributed by atoms with Gasteiger partial charge in [0.2, 0.25) is 0 Å². The first-order valence-electron chi connectivity index (χ1n) is 4.65. The van der Waals surface area contributed by atoms with Crippen molar-refractivity contribution in [1.29, 1.82) is 0 Å². The van der Waals surface area contributed by atoms with Crippen LogP contribution in [0.3, 0.4) is 0 Å². The number of alkyl halides is 3. The van der Waals surface area contributed by atoms with Crippen LogP contribution in [-0.2, 0) is 6.18 Å².